The summed E-state index contributed by atoms with van der Waals surface area (Å²) >= 11 is 0. The van der Waals surface area contributed by atoms with E-state index in [0.717, 1.165) is 12.8 Å². The SMILES string of the molecule is C=CC1CCC2CC(O)OC12C. The lowest BCUT2D eigenvalue weighted by molar-refractivity contribution is -0.143. The minimum atomic E-state index is -0.539. The van der Waals surface area contributed by atoms with Gasteiger partial charge in [-0.25, -0.2) is 0 Å². The zero-order valence-corrected chi connectivity index (χ0v) is 7.49. The molecule has 2 rings (SSSR count). The number of hydrogen-bond acceptors (Lipinski definition) is 2. The first kappa shape index (κ1) is 8.27. The standard InChI is InChI=1S/C10H16O2/c1-3-7-4-5-8-6-9(11)12-10(7,8)2/h3,7-9,11H,1,4-6H2,2H3. The van der Waals surface area contributed by atoms with Gasteiger partial charge in [0.1, 0.15) is 0 Å². The van der Waals surface area contributed by atoms with E-state index in [4.69, 9.17) is 4.74 Å². The molecule has 0 aromatic carbocycles. The Morgan fingerprint density at radius 2 is 2.33 bits per heavy atom. The predicted octanol–water partition coefficient (Wildman–Crippen LogP) is 1.70. The molecule has 0 bridgehead atoms. The Balaban J connectivity index is 2.21. The normalized spacial score (nSPS) is 52.3. The van der Waals surface area contributed by atoms with Crippen LogP contribution in [0.3, 0.4) is 0 Å². The first-order chi connectivity index (χ1) is 5.66. The van der Waals surface area contributed by atoms with Crippen LogP contribution < -0.4 is 0 Å². The average Bonchev–Trinajstić information content (AvgIpc) is 2.41. The van der Waals surface area contributed by atoms with Crippen LogP contribution in [0.1, 0.15) is 26.2 Å². The van der Waals surface area contributed by atoms with Gasteiger partial charge in [0.05, 0.1) is 5.60 Å². The Kier molecular flexibility index (Phi) is 1.77. The highest BCUT2D eigenvalue weighted by Gasteiger charge is 2.52. The van der Waals surface area contributed by atoms with Crippen molar-refractivity contribution in [3.8, 4) is 0 Å². The van der Waals surface area contributed by atoms with Crippen molar-refractivity contribution in [3.63, 3.8) is 0 Å². The van der Waals surface area contributed by atoms with Crippen LogP contribution >= 0.6 is 0 Å². The molecule has 1 saturated heterocycles. The summed E-state index contributed by atoms with van der Waals surface area (Å²) in [6.45, 7) is 5.92. The monoisotopic (exact) mass is 168 g/mol. The molecular formula is C10H16O2. The Morgan fingerprint density at radius 3 is 3.00 bits per heavy atom. The van der Waals surface area contributed by atoms with Gasteiger partial charge in [-0.05, 0) is 25.7 Å². The van der Waals surface area contributed by atoms with Gasteiger partial charge >= 0.3 is 0 Å². The van der Waals surface area contributed by atoms with E-state index in [-0.39, 0.29) is 5.60 Å². The predicted molar refractivity (Wildman–Crippen MR) is 46.5 cm³/mol. The Morgan fingerprint density at radius 1 is 1.58 bits per heavy atom. The number of aliphatic hydroxyl groups is 1. The van der Waals surface area contributed by atoms with Gasteiger partial charge in [0, 0.05) is 12.3 Å². The molecular weight excluding hydrogens is 152 g/mol. The van der Waals surface area contributed by atoms with Crippen LogP contribution in [0.2, 0.25) is 0 Å². The summed E-state index contributed by atoms with van der Waals surface area (Å²) in [6.07, 6.45) is 4.57. The van der Waals surface area contributed by atoms with Crippen LogP contribution in [0.4, 0.5) is 0 Å². The maximum absolute atomic E-state index is 9.36. The lowest BCUT2D eigenvalue weighted by Crippen LogP contribution is -2.33. The molecule has 1 N–H and O–H groups in total. The van der Waals surface area contributed by atoms with Crippen LogP contribution in [0.5, 0.6) is 0 Å². The fourth-order valence-electron chi connectivity index (χ4n) is 2.73. The van der Waals surface area contributed by atoms with E-state index in [1.165, 1.54) is 6.42 Å². The van der Waals surface area contributed by atoms with Gasteiger partial charge in [-0.15, -0.1) is 6.58 Å². The molecule has 0 amide bonds. The molecule has 4 atom stereocenters. The zero-order valence-electron chi connectivity index (χ0n) is 7.49. The molecule has 2 aliphatic rings. The van der Waals surface area contributed by atoms with Gasteiger partial charge in [-0.2, -0.15) is 0 Å². The number of hydrogen-bond donors (Lipinski definition) is 1. The first-order valence-corrected chi connectivity index (χ1v) is 4.65. The molecule has 0 spiro atoms. The third-order valence-electron chi connectivity index (χ3n) is 3.53. The Labute approximate surface area is 73.2 Å². The van der Waals surface area contributed by atoms with Gasteiger partial charge < -0.3 is 9.84 Å². The van der Waals surface area contributed by atoms with Crippen molar-refractivity contribution in [3.05, 3.63) is 12.7 Å². The van der Waals surface area contributed by atoms with Crippen LogP contribution in [0.15, 0.2) is 12.7 Å². The Bertz CT molecular complexity index is 202. The third-order valence-corrected chi connectivity index (χ3v) is 3.53. The molecule has 4 unspecified atom stereocenters. The molecule has 1 aliphatic carbocycles. The van der Waals surface area contributed by atoms with E-state index in [1.807, 2.05) is 6.08 Å². The summed E-state index contributed by atoms with van der Waals surface area (Å²) in [5, 5.41) is 9.36. The van der Waals surface area contributed by atoms with E-state index >= 15 is 0 Å². The van der Waals surface area contributed by atoms with E-state index in [2.05, 4.69) is 13.5 Å². The van der Waals surface area contributed by atoms with E-state index in [9.17, 15) is 5.11 Å². The summed E-state index contributed by atoms with van der Waals surface area (Å²) in [7, 11) is 0. The van der Waals surface area contributed by atoms with Crippen LogP contribution in [-0.2, 0) is 4.74 Å². The highest BCUT2D eigenvalue weighted by Crippen LogP contribution is 2.50. The van der Waals surface area contributed by atoms with Crippen molar-refractivity contribution in [2.24, 2.45) is 11.8 Å². The quantitative estimate of drug-likeness (QED) is 0.604. The highest BCUT2D eigenvalue weighted by atomic mass is 16.6. The minimum Gasteiger partial charge on any atom is -0.368 e. The van der Waals surface area contributed by atoms with Crippen LogP contribution in [0.25, 0.3) is 0 Å². The molecule has 0 aromatic heterocycles. The van der Waals surface area contributed by atoms with Crippen LogP contribution in [-0.4, -0.2) is 17.0 Å². The molecule has 68 valence electrons. The van der Waals surface area contributed by atoms with Crippen molar-refractivity contribution in [1.29, 1.82) is 0 Å². The van der Waals surface area contributed by atoms with E-state index < -0.39 is 6.29 Å². The first-order valence-electron chi connectivity index (χ1n) is 4.65. The second-order valence-corrected chi connectivity index (χ2v) is 4.11. The summed E-state index contributed by atoms with van der Waals surface area (Å²) in [4.78, 5) is 0. The molecule has 12 heavy (non-hydrogen) atoms. The maximum atomic E-state index is 9.36. The lowest BCUT2D eigenvalue weighted by atomic mass is 9.86. The molecule has 0 radical (unpaired) electrons. The highest BCUT2D eigenvalue weighted by molar-refractivity contribution is 5.06. The van der Waals surface area contributed by atoms with Crippen molar-refractivity contribution >= 4 is 0 Å². The van der Waals surface area contributed by atoms with Gasteiger partial charge in [-0.3, -0.25) is 0 Å². The smallest absolute Gasteiger partial charge is 0.155 e. The van der Waals surface area contributed by atoms with Crippen molar-refractivity contribution in [1.82, 2.24) is 0 Å². The zero-order chi connectivity index (χ0) is 8.77. The summed E-state index contributed by atoms with van der Waals surface area (Å²) in [5.41, 5.74) is -0.124. The second kappa shape index (κ2) is 2.57. The summed E-state index contributed by atoms with van der Waals surface area (Å²) in [5.74, 6) is 0.968. The molecule has 2 heteroatoms. The fraction of sp³-hybridized carbons (Fsp3) is 0.800. The minimum absolute atomic E-state index is 0.124. The molecule has 1 heterocycles. The molecule has 2 fully saturated rings. The topological polar surface area (TPSA) is 29.5 Å². The maximum Gasteiger partial charge on any atom is 0.155 e. The van der Waals surface area contributed by atoms with Crippen LogP contribution in [0, 0.1) is 11.8 Å². The second-order valence-electron chi connectivity index (χ2n) is 4.11. The summed E-state index contributed by atoms with van der Waals surface area (Å²) in [6, 6.07) is 0. The molecule has 0 aromatic rings. The van der Waals surface area contributed by atoms with Crippen molar-refractivity contribution in [2.45, 2.75) is 38.1 Å². The fourth-order valence-corrected chi connectivity index (χ4v) is 2.73. The molecule has 1 aliphatic heterocycles. The number of aliphatic hydroxyl groups excluding tert-OH is 1. The van der Waals surface area contributed by atoms with E-state index in [0.29, 0.717) is 11.8 Å². The summed E-state index contributed by atoms with van der Waals surface area (Å²) < 4.78 is 5.56. The largest absolute Gasteiger partial charge is 0.368 e. The van der Waals surface area contributed by atoms with Gasteiger partial charge in [0.25, 0.3) is 0 Å². The Hall–Kier alpha value is -0.340. The van der Waals surface area contributed by atoms with Crippen molar-refractivity contribution in [2.75, 3.05) is 0 Å². The molecule has 1 saturated carbocycles. The van der Waals surface area contributed by atoms with Gasteiger partial charge in [-0.1, -0.05) is 6.08 Å². The van der Waals surface area contributed by atoms with Gasteiger partial charge in [0.2, 0.25) is 0 Å². The lowest BCUT2D eigenvalue weighted by Gasteiger charge is -2.28. The average molecular weight is 168 g/mol. The van der Waals surface area contributed by atoms with E-state index in [1.54, 1.807) is 0 Å². The number of ether oxygens (including phenoxy) is 1. The number of rotatable bonds is 1. The molecule has 2 nitrogen and oxygen atoms in total. The third kappa shape index (κ3) is 0.947. The van der Waals surface area contributed by atoms with Gasteiger partial charge in [0.15, 0.2) is 6.29 Å². The van der Waals surface area contributed by atoms with Crippen molar-refractivity contribution < 1.29 is 9.84 Å². The number of fused-ring (bicyclic) bond motifs is 1.